The van der Waals surface area contributed by atoms with Gasteiger partial charge in [-0.25, -0.2) is 0 Å². The molecule has 0 saturated carbocycles. The number of nitrogens with zero attached hydrogens (tertiary/aromatic N) is 2. The maximum atomic E-state index is 9.03. The first-order chi connectivity index (χ1) is 8.50. The van der Waals surface area contributed by atoms with Gasteiger partial charge in [0.1, 0.15) is 0 Å². The average Bonchev–Trinajstić information content (AvgIpc) is 2.49. The molecule has 0 radical (unpaired) electrons. The molecule has 1 aliphatic heterocycles. The average molecular weight is 307 g/mol. The van der Waals surface area contributed by atoms with Crippen LogP contribution in [0.5, 0.6) is 0 Å². The van der Waals surface area contributed by atoms with Crippen molar-refractivity contribution in [3.8, 4) is 6.07 Å². The molecule has 1 aromatic carbocycles. The van der Waals surface area contributed by atoms with Gasteiger partial charge >= 0.3 is 0 Å². The molecule has 2 nitrogen and oxygen atoms in total. The van der Waals surface area contributed by atoms with Crippen LogP contribution in [0.25, 0.3) is 0 Å². The van der Waals surface area contributed by atoms with Crippen LogP contribution in [0.1, 0.15) is 38.7 Å². The minimum atomic E-state index is 0.443. The lowest BCUT2D eigenvalue weighted by Gasteiger charge is -2.25. The van der Waals surface area contributed by atoms with E-state index in [1.807, 2.05) is 12.1 Å². The van der Waals surface area contributed by atoms with Crippen molar-refractivity contribution in [2.45, 2.75) is 33.1 Å². The Morgan fingerprint density at radius 2 is 2.00 bits per heavy atom. The molecule has 0 N–H and O–H groups in total. The number of halogens is 1. The second-order valence-corrected chi connectivity index (χ2v) is 6.73. The maximum absolute atomic E-state index is 9.03. The predicted molar refractivity (Wildman–Crippen MR) is 78.7 cm³/mol. The molecule has 1 saturated heterocycles. The third kappa shape index (κ3) is 3.26. The highest BCUT2D eigenvalue weighted by molar-refractivity contribution is 9.10. The Kier molecular flexibility index (Phi) is 3.97. The first kappa shape index (κ1) is 13.4. The van der Waals surface area contributed by atoms with Gasteiger partial charge in [-0.15, -0.1) is 0 Å². The molecule has 1 heterocycles. The first-order valence-corrected chi connectivity index (χ1v) is 7.25. The molecule has 0 bridgehead atoms. The summed E-state index contributed by atoms with van der Waals surface area (Å²) in [5.74, 6) is 0. The van der Waals surface area contributed by atoms with Crippen molar-refractivity contribution in [1.29, 1.82) is 5.26 Å². The summed E-state index contributed by atoms with van der Waals surface area (Å²) in [5.41, 5.74) is 2.33. The van der Waals surface area contributed by atoms with E-state index in [-0.39, 0.29) is 0 Å². The SMILES string of the molecule is CC1(C)CCCN(c2cc(Br)cc(C#N)c2)CC1. The zero-order valence-electron chi connectivity index (χ0n) is 11.0. The maximum Gasteiger partial charge on any atom is 0.0992 e. The van der Waals surface area contributed by atoms with Gasteiger partial charge in [-0.05, 0) is 42.9 Å². The molecule has 0 amide bonds. The highest BCUT2D eigenvalue weighted by Gasteiger charge is 2.23. The van der Waals surface area contributed by atoms with Crippen LogP contribution < -0.4 is 4.90 Å². The number of anilines is 1. The molecule has 0 aliphatic carbocycles. The lowest BCUT2D eigenvalue weighted by Crippen LogP contribution is -2.25. The summed E-state index contributed by atoms with van der Waals surface area (Å²) in [6.07, 6.45) is 3.71. The van der Waals surface area contributed by atoms with Gasteiger partial charge in [-0.1, -0.05) is 29.8 Å². The smallest absolute Gasteiger partial charge is 0.0992 e. The van der Waals surface area contributed by atoms with Crippen LogP contribution in [0.3, 0.4) is 0 Å². The molecule has 18 heavy (non-hydrogen) atoms. The summed E-state index contributed by atoms with van der Waals surface area (Å²) < 4.78 is 0.986. The van der Waals surface area contributed by atoms with E-state index in [1.54, 1.807) is 0 Å². The molecular formula is C15H19BrN2. The van der Waals surface area contributed by atoms with Gasteiger partial charge in [0.2, 0.25) is 0 Å². The Hall–Kier alpha value is -1.01. The van der Waals surface area contributed by atoms with Crippen LogP contribution in [0.4, 0.5) is 5.69 Å². The first-order valence-electron chi connectivity index (χ1n) is 6.46. The molecule has 1 aromatic rings. The van der Waals surface area contributed by atoms with Crippen molar-refractivity contribution >= 4 is 21.6 Å². The summed E-state index contributed by atoms with van der Waals surface area (Å²) in [6, 6.07) is 8.19. The Balaban J connectivity index is 2.21. The van der Waals surface area contributed by atoms with E-state index in [1.165, 1.54) is 24.9 Å². The van der Waals surface area contributed by atoms with Crippen molar-refractivity contribution in [2.75, 3.05) is 18.0 Å². The second kappa shape index (κ2) is 5.32. The molecule has 3 heteroatoms. The van der Waals surface area contributed by atoms with E-state index in [0.29, 0.717) is 5.41 Å². The Morgan fingerprint density at radius 1 is 1.22 bits per heavy atom. The Labute approximate surface area is 118 Å². The zero-order chi connectivity index (χ0) is 13.2. The number of hydrogen-bond donors (Lipinski definition) is 0. The van der Waals surface area contributed by atoms with Crippen LogP contribution in [0.15, 0.2) is 22.7 Å². The predicted octanol–water partition coefficient (Wildman–Crippen LogP) is 4.34. The van der Waals surface area contributed by atoms with Crippen molar-refractivity contribution in [3.63, 3.8) is 0 Å². The van der Waals surface area contributed by atoms with Gasteiger partial charge in [0.25, 0.3) is 0 Å². The topological polar surface area (TPSA) is 27.0 Å². The molecule has 0 unspecified atom stereocenters. The van der Waals surface area contributed by atoms with E-state index in [4.69, 9.17) is 5.26 Å². The number of benzene rings is 1. The Morgan fingerprint density at radius 3 is 2.72 bits per heavy atom. The number of hydrogen-bond acceptors (Lipinski definition) is 2. The molecule has 96 valence electrons. The number of nitriles is 1. The normalized spacial score (nSPS) is 19.1. The van der Waals surface area contributed by atoms with Crippen molar-refractivity contribution in [2.24, 2.45) is 5.41 Å². The zero-order valence-corrected chi connectivity index (χ0v) is 12.6. The Bertz CT molecular complexity index is 474. The molecule has 1 aliphatic rings. The highest BCUT2D eigenvalue weighted by atomic mass is 79.9. The van der Waals surface area contributed by atoms with Crippen molar-refractivity contribution in [1.82, 2.24) is 0 Å². The van der Waals surface area contributed by atoms with Gasteiger partial charge in [0, 0.05) is 23.2 Å². The molecule has 2 rings (SSSR count). The van der Waals surface area contributed by atoms with Crippen molar-refractivity contribution < 1.29 is 0 Å². The summed E-state index contributed by atoms with van der Waals surface area (Å²) >= 11 is 3.48. The fraction of sp³-hybridized carbons (Fsp3) is 0.533. The summed E-state index contributed by atoms with van der Waals surface area (Å²) in [5, 5.41) is 9.03. The quantitative estimate of drug-likeness (QED) is 0.772. The lowest BCUT2D eigenvalue weighted by atomic mass is 9.85. The fourth-order valence-corrected chi connectivity index (χ4v) is 2.98. The van der Waals surface area contributed by atoms with E-state index >= 15 is 0 Å². The standard InChI is InChI=1S/C15H19BrN2/c1-15(2)4-3-6-18(7-5-15)14-9-12(11-17)8-13(16)10-14/h8-10H,3-7H2,1-2H3. The van der Waals surface area contributed by atoms with Crippen molar-refractivity contribution in [3.05, 3.63) is 28.2 Å². The monoisotopic (exact) mass is 306 g/mol. The van der Waals surface area contributed by atoms with Gasteiger partial charge < -0.3 is 4.90 Å². The molecular weight excluding hydrogens is 288 g/mol. The van der Waals surface area contributed by atoms with Crippen LogP contribution in [-0.2, 0) is 0 Å². The highest BCUT2D eigenvalue weighted by Crippen LogP contribution is 2.32. The van der Waals surface area contributed by atoms with Gasteiger partial charge in [-0.2, -0.15) is 5.26 Å². The summed E-state index contributed by atoms with van der Waals surface area (Å²) in [7, 11) is 0. The van der Waals surface area contributed by atoms with Gasteiger partial charge in [0.05, 0.1) is 11.6 Å². The van der Waals surface area contributed by atoms with Gasteiger partial charge in [-0.3, -0.25) is 0 Å². The molecule has 0 spiro atoms. The minimum Gasteiger partial charge on any atom is -0.371 e. The fourth-order valence-electron chi connectivity index (χ4n) is 2.50. The lowest BCUT2D eigenvalue weighted by molar-refractivity contribution is 0.325. The molecule has 1 fully saturated rings. The van der Waals surface area contributed by atoms with Crippen LogP contribution >= 0.6 is 15.9 Å². The van der Waals surface area contributed by atoms with Crippen LogP contribution in [0.2, 0.25) is 0 Å². The molecule has 0 aromatic heterocycles. The minimum absolute atomic E-state index is 0.443. The van der Waals surface area contributed by atoms with E-state index in [9.17, 15) is 0 Å². The third-order valence-corrected chi connectivity index (χ3v) is 4.17. The molecule has 0 atom stereocenters. The van der Waals surface area contributed by atoms with Crippen LogP contribution in [-0.4, -0.2) is 13.1 Å². The summed E-state index contributed by atoms with van der Waals surface area (Å²) in [4.78, 5) is 2.40. The number of rotatable bonds is 1. The van der Waals surface area contributed by atoms with E-state index in [2.05, 4.69) is 46.8 Å². The third-order valence-electron chi connectivity index (χ3n) is 3.72. The van der Waals surface area contributed by atoms with E-state index in [0.717, 1.165) is 23.1 Å². The summed E-state index contributed by atoms with van der Waals surface area (Å²) in [6.45, 7) is 6.86. The largest absolute Gasteiger partial charge is 0.371 e. The van der Waals surface area contributed by atoms with Gasteiger partial charge in [0.15, 0.2) is 0 Å². The van der Waals surface area contributed by atoms with E-state index < -0.39 is 0 Å². The van der Waals surface area contributed by atoms with Crippen LogP contribution in [0, 0.1) is 16.7 Å². The second-order valence-electron chi connectivity index (χ2n) is 5.81.